The molecule has 0 amide bonds. The number of aromatic carboxylic acids is 1. The second kappa shape index (κ2) is 10.0. The van der Waals surface area contributed by atoms with Gasteiger partial charge in [-0.3, -0.25) is 0 Å². The molecule has 3 unspecified atom stereocenters. The maximum absolute atomic E-state index is 12.1. The molecule has 7 nitrogen and oxygen atoms in total. The van der Waals surface area contributed by atoms with Crippen LogP contribution >= 0.6 is 0 Å². The van der Waals surface area contributed by atoms with Crippen molar-refractivity contribution in [2.45, 2.75) is 39.1 Å². The third-order valence-electron chi connectivity index (χ3n) is 3.17. The summed E-state index contributed by atoms with van der Waals surface area (Å²) in [6, 6.07) is 5.88. The molecule has 0 spiro atoms. The Morgan fingerprint density at radius 1 is 0.958 bits per heavy atom. The van der Waals surface area contributed by atoms with E-state index in [2.05, 4.69) is 0 Å². The Morgan fingerprint density at radius 3 is 2.08 bits per heavy atom. The first-order valence-corrected chi connectivity index (χ1v) is 7.72. The highest BCUT2D eigenvalue weighted by Gasteiger charge is 2.19. The molecule has 0 bridgehead atoms. The minimum atomic E-state index is -1.18. The highest BCUT2D eigenvalue weighted by molar-refractivity contribution is 6.02. The van der Waals surface area contributed by atoms with Crippen LogP contribution in [0.4, 0.5) is 0 Å². The molecule has 0 saturated carbocycles. The minimum absolute atomic E-state index is 0.00463. The number of aliphatic hydroxyl groups is 1. The Morgan fingerprint density at radius 2 is 1.50 bits per heavy atom. The third-order valence-corrected chi connectivity index (χ3v) is 3.17. The highest BCUT2D eigenvalue weighted by Crippen LogP contribution is 2.12. The van der Waals surface area contributed by atoms with Gasteiger partial charge < -0.3 is 24.4 Å². The van der Waals surface area contributed by atoms with Crippen molar-refractivity contribution in [1.82, 2.24) is 0 Å². The molecule has 0 saturated heterocycles. The molecule has 134 valence electrons. The van der Waals surface area contributed by atoms with Gasteiger partial charge >= 0.3 is 11.9 Å². The van der Waals surface area contributed by atoms with Crippen molar-refractivity contribution >= 4 is 11.9 Å². The largest absolute Gasteiger partial charge is 0.478 e. The number of ether oxygens (including phenoxy) is 3. The molecular formula is C17H24O7. The number of esters is 1. The van der Waals surface area contributed by atoms with Crippen LogP contribution in [0.15, 0.2) is 24.3 Å². The number of carboxylic acid groups (broad SMARTS) is 1. The van der Waals surface area contributed by atoms with Gasteiger partial charge in [0.25, 0.3) is 0 Å². The fourth-order valence-electron chi connectivity index (χ4n) is 1.83. The molecule has 1 rings (SSSR count). The maximum Gasteiger partial charge on any atom is 0.339 e. The second-order valence-electron chi connectivity index (χ2n) is 5.54. The van der Waals surface area contributed by atoms with Crippen molar-refractivity contribution in [3.63, 3.8) is 0 Å². The molecule has 24 heavy (non-hydrogen) atoms. The quantitative estimate of drug-likeness (QED) is 0.625. The lowest BCUT2D eigenvalue weighted by atomic mass is 10.1. The summed E-state index contributed by atoms with van der Waals surface area (Å²) in [5.74, 6) is -1.89. The van der Waals surface area contributed by atoms with Gasteiger partial charge in [-0.1, -0.05) is 12.1 Å². The van der Waals surface area contributed by atoms with E-state index in [0.717, 1.165) is 0 Å². The van der Waals surface area contributed by atoms with Crippen molar-refractivity contribution in [1.29, 1.82) is 0 Å². The SMILES string of the molecule is CC(CO)OCC(C)OCC(C)OC(=O)c1ccccc1C(=O)O. The number of benzene rings is 1. The van der Waals surface area contributed by atoms with E-state index in [1.165, 1.54) is 12.1 Å². The number of hydrogen-bond donors (Lipinski definition) is 2. The summed E-state index contributed by atoms with van der Waals surface area (Å²) >= 11 is 0. The van der Waals surface area contributed by atoms with Crippen LogP contribution < -0.4 is 0 Å². The van der Waals surface area contributed by atoms with Crippen LogP contribution in [0.3, 0.4) is 0 Å². The van der Waals surface area contributed by atoms with E-state index < -0.39 is 18.0 Å². The zero-order valence-corrected chi connectivity index (χ0v) is 14.1. The number of hydrogen-bond acceptors (Lipinski definition) is 6. The number of aliphatic hydroxyl groups excluding tert-OH is 1. The van der Waals surface area contributed by atoms with Crippen LogP contribution in [-0.4, -0.2) is 60.3 Å². The van der Waals surface area contributed by atoms with E-state index in [-0.39, 0.29) is 36.5 Å². The van der Waals surface area contributed by atoms with Crippen LogP contribution in [0.25, 0.3) is 0 Å². The van der Waals surface area contributed by atoms with Crippen molar-refractivity contribution in [2.24, 2.45) is 0 Å². The summed E-state index contributed by atoms with van der Waals surface area (Å²) in [4.78, 5) is 23.2. The number of carbonyl (C=O) groups is 2. The number of carboxylic acids is 1. The van der Waals surface area contributed by atoms with Gasteiger partial charge in [0.2, 0.25) is 0 Å². The smallest absolute Gasteiger partial charge is 0.339 e. The molecule has 0 radical (unpaired) electrons. The van der Waals surface area contributed by atoms with E-state index in [4.69, 9.17) is 24.4 Å². The Labute approximate surface area is 141 Å². The van der Waals surface area contributed by atoms with Gasteiger partial charge in [-0.25, -0.2) is 9.59 Å². The Kier molecular flexibility index (Phi) is 8.39. The van der Waals surface area contributed by atoms with Crippen LogP contribution in [0.2, 0.25) is 0 Å². The fraction of sp³-hybridized carbons (Fsp3) is 0.529. The van der Waals surface area contributed by atoms with Gasteiger partial charge in [-0.05, 0) is 32.9 Å². The molecular weight excluding hydrogens is 316 g/mol. The van der Waals surface area contributed by atoms with Crippen LogP contribution in [0.5, 0.6) is 0 Å². The molecule has 0 aliphatic heterocycles. The third kappa shape index (κ3) is 6.66. The highest BCUT2D eigenvalue weighted by atomic mass is 16.6. The molecule has 0 aromatic heterocycles. The second-order valence-corrected chi connectivity index (χ2v) is 5.54. The molecule has 0 aliphatic rings. The van der Waals surface area contributed by atoms with Crippen LogP contribution in [0, 0.1) is 0 Å². The lowest BCUT2D eigenvalue weighted by Crippen LogP contribution is -2.27. The summed E-state index contributed by atoms with van der Waals surface area (Å²) < 4.78 is 16.1. The van der Waals surface area contributed by atoms with Crippen LogP contribution in [0.1, 0.15) is 41.5 Å². The fourth-order valence-corrected chi connectivity index (χ4v) is 1.83. The van der Waals surface area contributed by atoms with Gasteiger partial charge in [0.15, 0.2) is 0 Å². The monoisotopic (exact) mass is 340 g/mol. The van der Waals surface area contributed by atoms with Crippen molar-refractivity contribution < 1.29 is 34.0 Å². The maximum atomic E-state index is 12.1. The average Bonchev–Trinajstić information content (AvgIpc) is 2.57. The Hall–Kier alpha value is -1.96. The zero-order valence-electron chi connectivity index (χ0n) is 14.1. The summed E-state index contributed by atoms with van der Waals surface area (Å²) in [5, 5.41) is 18.0. The van der Waals surface area contributed by atoms with E-state index >= 15 is 0 Å². The van der Waals surface area contributed by atoms with Gasteiger partial charge in [0.05, 0.1) is 43.2 Å². The molecule has 0 heterocycles. The predicted octanol–water partition coefficient (Wildman–Crippen LogP) is 1.73. The summed E-state index contributed by atoms with van der Waals surface area (Å²) in [5.41, 5.74) is -0.0969. The molecule has 0 aliphatic carbocycles. The average molecular weight is 340 g/mol. The number of rotatable bonds is 10. The lowest BCUT2D eigenvalue weighted by Gasteiger charge is -2.19. The van der Waals surface area contributed by atoms with Crippen molar-refractivity contribution in [3.05, 3.63) is 35.4 Å². The van der Waals surface area contributed by atoms with Crippen molar-refractivity contribution in [3.8, 4) is 0 Å². The minimum Gasteiger partial charge on any atom is -0.478 e. The van der Waals surface area contributed by atoms with Crippen molar-refractivity contribution in [2.75, 3.05) is 19.8 Å². The molecule has 3 atom stereocenters. The first kappa shape index (κ1) is 20.1. The molecule has 1 aromatic carbocycles. The van der Waals surface area contributed by atoms with E-state index in [1.807, 2.05) is 0 Å². The van der Waals surface area contributed by atoms with E-state index in [0.29, 0.717) is 6.61 Å². The van der Waals surface area contributed by atoms with E-state index in [1.54, 1.807) is 32.9 Å². The summed E-state index contributed by atoms with van der Waals surface area (Å²) in [6.45, 7) is 5.60. The normalized spacial score (nSPS) is 14.7. The van der Waals surface area contributed by atoms with Gasteiger partial charge in [0.1, 0.15) is 6.10 Å². The molecule has 2 N–H and O–H groups in total. The molecule has 7 heteroatoms. The summed E-state index contributed by atoms with van der Waals surface area (Å²) in [6.07, 6.45) is -1.04. The number of carbonyl (C=O) groups excluding carboxylic acids is 1. The molecule has 1 aromatic rings. The van der Waals surface area contributed by atoms with Gasteiger partial charge in [-0.15, -0.1) is 0 Å². The van der Waals surface area contributed by atoms with Gasteiger partial charge in [-0.2, -0.15) is 0 Å². The van der Waals surface area contributed by atoms with E-state index in [9.17, 15) is 9.59 Å². The van der Waals surface area contributed by atoms with Crippen LogP contribution in [-0.2, 0) is 14.2 Å². The van der Waals surface area contributed by atoms with Gasteiger partial charge in [0, 0.05) is 0 Å². The standard InChI is InChI=1S/C17H24O7/c1-11(8-18)22-9-12(2)23-10-13(3)24-17(21)15-7-5-4-6-14(15)16(19)20/h4-7,11-13,18H,8-10H2,1-3H3,(H,19,20). The predicted molar refractivity (Wildman–Crippen MR) is 86.2 cm³/mol. The Bertz CT molecular complexity index is 543. The molecule has 0 fully saturated rings. The first-order valence-electron chi connectivity index (χ1n) is 7.72. The Balaban J connectivity index is 2.46. The topological polar surface area (TPSA) is 102 Å². The summed E-state index contributed by atoms with van der Waals surface area (Å²) in [7, 11) is 0. The zero-order chi connectivity index (χ0) is 18.1. The first-order chi connectivity index (χ1) is 11.3. The lowest BCUT2D eigenvalue weighted by molar-refractivity contribution is -0.0660.